The van der Waals surface area contributed by atoms with Crippen molar-refractivity contribution in [2.24, 2.45) is 0 Å². The van der Waals surface area contributed by atoms with Gasteiger partial charge in [-0.3, -0.25) is 9.59 Å². The molecule has 2 rings (SSSR count). The summed E-state index contributed by atoms with van der Waals surface area (Å²) in [7, 11) is 0. The average Bonchev–Trinajstić information content (AvgIpc) is 2.45. The highest BCUT2D eigenvalue weighted by Gasteiger charge is 2.23. The van der Waals surface area contributed by atoms with Crippen molar-refractivity contribution in [1.82, 2.24) is 10.2 Å². The van der Waals surface area contributed by atoms with Gasteiger partial charge in [0.2, 0.25) is 5.91 Å². The lowest BCUT2D eigenvalue weighted by atomic mass is 10.0. The summed E-state index contributed by atoms with van der Waals surface area (Å²) in [6.07, 6.45) is -0.0297. The molecule has 1 aliphatic heterocycles. The Kier molecular flexibility index (Phi) is 6.90. The predicted molar refractivity (Wildman–Crippen MR) is 81.2 cm³/mol. The van der Waals surface area contributed by atoms with Crippen molar-refractivity contribution < 1.29 is 18.4 Å². The normalized spacial score (nSPS) is 17.8. The van der Waals surface area contributed by atoms with Crippen LogP contribution in [0.1, 0.15) is 30.1 Å². The maximum absolute atomic E-state index is 13.5. The van der Waals surface area contributed by atoms with Crippen LogP contribution in [0.2, 0.25) is 0 Å². The van der Waals surface area contributed by atoms with E-state index in [-0.39, 0.29) is 42.8 Å². The van der Waals surface area contributed by atoms with Gasteiger partial charge < -0.3 is 10.2 Å². The summed E-state index contributed by atoms with van der Waals surface area (Å²) in [5.41, 5.74) is -0.169. The van der Waals surface area contributed by atoms with E-state index in [1.807, 2.05) is 6.92 Å². The van der Waals surface area contributed by atoms with E-state index in [4.69, 9.17) is 0 Å². The quantitative estimate of drug-likeness (QED) is 0.860. The highest BCUT2D eigenvalue weighted by Crippen LogP contribution is 2.14. The molecule has 0 aliphatic carbocycles. The van der Waals surface area contributed by atoms with Crippen LogP contribution in [-0.4, -0.2) is 42.3 Å². The molecule has 1 N–H and O–H groups in total. The number of hydrogen-bond acceptors (Lipinski definition) is 3. The fraction of sp³-hybridized carbons (Fsp3) is 0.467. The summed E-state index contributed by atoms with van der Waals surface area (Å²) in [5, 5.41) is 3.18. The van der Waals surface area contributed by atoms with Crippen LogP contribution in [0.25, 0.3) is 0 Å². The van der Waals surface area contributed by atoms with Gasteiger partial charge in [-0.15, -0.1) is 12.4 Å². The van der Waals surface area contributed by atoms with Crippen LogP contribution in [0.5, 0.6) is 0 Å². The van der Waals surface area contributed by atoms with Crippen LogP contribution < -0.4 is 5.32 Å². The van der Waals surface area contributed by atoms with E-state index in [0.29, 0.717) is 12.6 Å². The van der Waals surface area contributed by atoms with Gasteiger partial charge in [-0.05, 0) is 19.1 Å². The van der Waals surface area contributed by atoms with E-state index < -0.39 is 17.4 Å². The number of Topliss-reactive ketones (excluding diaryl/α,β-unsaturated/α-hetero) is 1. The third-order valence-corrected chi connectivity index (χ3v) is 3.62. The molecule has 7 heteroatoms. The van der Waals surface area contributed by atoms with E-state index in [1.165, 1.54) is 0 Å². The van der Waals surface area contributed by atoms with Gasteiger partial charge in [0.25, 0.3) is 0 Å². The Morgan fingerprint density at radius 1 is 1.32 bits per heavy atom. The van der Waals surface area contributed by atoms with Crippen molar-refractivity contribution in [2.75, 3.05) is 19.6 Å². The van der Waals surface area contributed by atoms with Crippen LogP contribution in [0.4, 0.5) is 8.78 Å². The second kappa shape index (κ2) is 8.19. The number of halogens is 3. The number of hydrogen-bond donors (Lipinski definition) is 1. The fourth-order valence-electron chi connectivity index (χ4n) is 2.43. The number of carbonyl (C=O) groups is 2. The van der Waals surface area contributed by atoms with E-state index in [9.17, 15) is 18.4 Å². The average molecular weight is 333 g/mol. The zero-order chi connectivity index (χ0) is 15.4. The van der Waals surface area contributed by atoms with Gasteiger partial charge in [-0.25, -0.2) is 8.78 Å². The van der Waals surface area contributed by atoms with Crippen LogP contribution in [0.15, 0.2) is 18.2 Å². The first-order chi connectivity index (χ1) is 9.99. The maximum Gasteiger partial charge on any atom is 0.223 e. The molecule has 1 atom stereocenters. The molecule has 0 spiro atoms. The summed E-state index contributed by atoms with van der Waals surface area (Å²) in [6, 6.07) is 2.92. The van der Waals surface area contributed by atoms with Crippen molar-refractivity contribution in [3.63, 3.8) is 0 Å². The Bertz CT molecular complexity index is 554. The lowest BCUT2D eigenvalue weighted by Gasteiger charge is -2.34. The van der Waals surface area contributed by atoms with Crippen LogP contribution in [-0.2, 0) is 4.79 Å². The molecule has 0 saturated carbocycles. The fourth-order valence-corrected chi connectivity index (χ4v) is 2.43. The predicted octanol–water partition coefficient (Wildman–Crippen LogP) is 2.17. The maximum atomic E-state index is 13.5. The molecule has 0 bridgehead atoms. The summed E-state index contributed by atoms with van der Waals surface area (Å²) in [5.74, 6) is -2.21. The number of piperazine rings is 1. The van der Waals surface area contributed by atoms with Crippen LogP contribution in [0.3, 0.4) is 0 Å². The first kappa shape index (κ1) is 18.5. The highest BCUT2D eigenvalue weighted by molar-refractivity contribution is 5.98. The first-order valence-electron chi connectivity index (χ1n) is 6.97. The van der Waals surface area contributed by atoms with E-state index >= 15 is 0 Å². The van der Waals surface area contributed by atoms with Gasteiger partial charge in [0, 0.05) is 44.6 Å². The third-order valence-electron chi connectivity index (χ3n) is 3.62. The Morgan fingerprint density at radius 3 is 2.68 bits per heavy atom. The van der Waals surface area contributed by atoms with E-state index in [0.717, 1.165) is 25.2 Å². The van der Waals surface area contributed by atoms with Gasteiger partial charge in [0.15, 0.2) is 5.78 Å². The molecule has 1 heterocycles. The van der Waals surface area contributed by atoms with Crippen molar-refractivity contribution in [3.8, 4) is 0 Å². The molecule has 1 unspecified atom stereocenters. The first-order valence-corrected chi connectivity index (χ1v) is 6.97. The van der Waals surface area contributed by atoms with Gasteiger partial charge in [-0.2, -0.15) is 0 Å². The van der Waals surface area contributed by atoms with Crippen LogP contribution in [0, 0.1) is 11.6 Å². The van der Waals surface area contributed by atoms with Crippen molar-refractivity contribution >= 4 is 24.1 Å². The van der Waals surface area contributed by atoms with Gasteiger partial charge in [-0.1, -0.05) is 0 Å². The molecule has 1 amide bonds. The molecule has 0 aromatic heterocycles. The molecule has 122 valence electrons. The molecule has 4 nitrogen and oxygen atoms in total. The number of benzene rings is 1. The lowest BCUT2D eigenvalue weighted by molar-refractivity contribution is -0.133. The Morgan fingerprint density at radius 2 is 2.05 bits per heavy atom. The van der Waals surface area contributed by atoms with Gasteiger partial charge >= 0.3 is 0 Å². The van der Waals surface area contributed by atoms with E-state index in [2.05, 4.69) is 5.32 Å². The standard InChI is InChI=1S/C15H18F2N2O2.ClH/c1-10-9-18-6-7-19(10)15(21)5-4-14(20)12-3-2-11(16)8-13(12)17;/h2-3,8,10,18H,4-7,9H2,1H3;1H. The highest BCUT2D eigenvalue weighted by atomic mass is 35.5. The zero-order valence-corrected chi connectivity index (χ0v) is 13.1. The number of carbonyl (C=O) groups excluding carboxylic acids is 2. The molecular weight excluding hydrogens is 314 g/mol. The third kappa shape index (κ3) is 4.48. The molecular formula is C15H19ClF2N2O2. The van der Waals surface area contributed by atoms with Gasteiger partial charge in [0.05, 0.1) is 5.56 Å². The zero-order valence-electron chi connectivity index (χ0n) is 12.3. The van der Waals surface area contributed by atoms with E-state index in [1.54, 1.807) is 4.90 Å². The summed E-state index contributed by atoms with van der Waals surface area (Å²) >= 11 is 0. The molecule has 1 saturated heterocycles. The summed E-state index contributed by atoms with van der Waals surface area (Å²) in [6.45, 7) is 4.01. The summed E-state index contributed by atoms with van der Waals surface area (Å²) < 4.78 is 26.3. The monoisotopic (exact) mass is 332 g/mol. The number of amides is 1. The Hall–Kier alpha value is -1.53. The van der Waals surface area contributed by atoms with Gasteiger partial charge in [0.1, 0.15) is 11.6 Å². The molecule has 22 heavy (non-hydrogen) atoms. The lowest BCUT2D eigenvalue weighted by Crippen LogP contribution is -2.52. The molecule has 1 aliphatic rings. The molecule has 0 radical (unpaired) electrons. The molecule has 1 aromatic carbocycles. The number of rotatable bonds is 4. The SMILES string of the molecule is CC1CNCCN1C(=O)CCC(=O)c1ccc(F)cc1F.Cl. The number of nitrogens with zero attached hydrogens (tertiary/aromatic N) is 1. The number of ketones is 1. The minimum atomic E-state index is -0.886. The second-order valence-corrected chi connectivity index (χ2v) is 5.19. The number of nitrogens with one attached hydrogen (secondary N) is 1. The summed E-state index contributed by atoms with van der Waals surface area (Å²) in [4.78, 5) is 25.7. The minimum absolute atomic E-state index is 0. The Balaban J connectivity index is 0.00000242. The van der Waals surface area contributed by atoms with Crippen molar-refractivity contribution in [1.29, 1.82) is 0 Å². The molecule has 1 fully saturated rings. The smallest absolute Gasteiger partial charge is 0.223 e. The van der Waals surface area contributed by atoms with Crippen LogP contribution >= 0.6 is 12.4 Å². The van der Waals surface area contributed by atoms with Crippen molar-refractivity contribution in [2.45, 2.75) is 25.8 Å². The Labute approximate surface area is 134 Å². The topological polar surface area (TPSA) is 49.4 Å². The largest absolute Gasteiger partial charge is 0.337 e. The minimum Gasteiger partial charge on any atom is -0.337 e. The second-order valence-electron chi connectivity index (χ2n) is 5.19. The van der Waals surface area contributed by atoms with Crippen molar-refractivity contribution in [3.05, 3.63) is 35.4 Å². The molecule has 1 aromatic rings.